The van der Waals surface area contributed by atoms with Crippen LogP contribution < -0.4 is 0 Å². The van der Waals surface area contributed by atoms with Crippen LogP contribution in [-0.4, -0.2) is 0 Å². The van der Waals surface area contributed by atoms with Gasteiger partial charge >= 0.3 is 0 Å². The smallest absolute Gasteiger partial charge is 0.0349 e. The summed E-state index contributed by atoms with van der Waals surface area (Å²) < 4.78 is 0. The quantitative estimate of drug-likeness (QED) is 0.567. The summed E-state index contributed by atoms with van der Waals surface area (Å²) in [6.45, 7) is 9.39. The molecule has 0 saturated heterocycles. The maximum atomic E-state index is 2.37. The minimum absolute atomic E-state index is 0.909. The molecule has 0 heteroatoms. The zero-order valence-electron chi connectivity index (χ0n) is 9.84. The maximum absolute atomic E-state index is 2.37. The highest BCUT2D eigenvalue weighted by atomic mass is 14.5. The van der Waals surface area contributed by atoms with Crippen LogP contribution in [0.3, 0.4) is 0 Å². The summed E-state index contributed by atoms with van der Waals surface area (Å²) in [5, 5.41) is 0. The maximum Gasteiger partial charge on any atom is -0.0349 e. The molecule has 0 spiro atoms. The van der Waals surface area contributed by atoms with E-state index < -0.39 is 0 Å². The summed E-state index contributed by atoms with van der Waals surface area (Å²) >= 11 is 0. The van der Waals surface area contributed by atoms with Crippen molar-refractivity contribution in [3.63, 3.8) is 0 Å². The lowest BCUT2D eigenvalue weighted by atomic mass is 10.0. The molecule has 0 aliphatic heterocycles. The van der Waals surface area contributed by atoms with Crippen LogP contribution in [0.1, 0.15) is 59.8 Å². The summed E-state index contributed by atoms with van der Waals surface area (Å²) in [5.74, 6) is 4.21. The summed E-state index contributed by atoms with van der Waals surface area (Å²) in [6, 6.07) is 0. The van der Waals surface area contributed by atoms with E-state index in [2.05, 4.69) is 27.7 Å². The fourth-order valence-electron chi connectivity index (χ4n) is 2.94. The van der Waals surface area contributed by atoms with E-state index in [9.17, 15) is 0 Å². The molecule has 0 N–H and O–H groups in total. The van der Waals surface area contributed by atoms with Crippen molar-refractivity contribution in [3.8, 4) is 0 Å². The van der Waals surface area contributed by atoms with Gasteiger partial charge in [-0.15, -0.1) is 0 Å². The lowest BCUT2D eigenvalue weighted by molar-refractivity contribution is 0.490. The van der Waals surface area contributed by atoms with Gasteiger partial charge in [-0.1, -0.05) is 53.4 Å². The predicted molar refractivity (Wildman–Crippen MR) is 59.7 cm³/mol. The zero-order chi connectivity index (χ0) is 9.84. The molecule has 1 fully saturated rings. The van der Waals surface area contributed by atoms with Crippen molar-refractivity contribution in [2.24, 2.45) is 23.7 Å². The fourth-order valence-corrected chi connectivity index (χ4v) is 2.94. The molecule has 13 heavy (non-hydrogen) atoms. The summed E-state index contributed by atoms with van der Waals surface area (Å²) in [4.78, 5) is 0. The molecule has 0 amide bonds. The van der Waals surface area contributed by atoms with Crippen LogP contribution in [0.2, 0.25) is 0 Å². The molecule has 0 radical (unpaired) electrons. The molecule has 1 aliphatic rings. The monoisotopic (exact) mass is 182 g/mol. The van der Waals surface area contributed by atoms with Gasteiger partial charge in [0.05, 0.1) is 0 Å². The Morgan fingerprint density at radius 3 is 1.62 bits per heavy atom. The van der Waals surface area contributed by atoms with Gasteiger partial charge in [0.2, 0.25) is 0 Å². The second-order valence-electron chi connectivity index (χ2n) is 5.20. The highest BCUT2D eigenvalue weighted by Crippen LogP contribution is 2.54. The highest BCUT2D eigenvalue weighted by Gasteiger charge is 2.47. The van der Waals surface area contributed by atoms with E-state index in [1.165, 1.54) is 32.1 Å². The normalized spacial score (nSPS) is 32.5. The van der Waals surface area contributed by atoms with Crippen molar-refractivity contribution in [3.05, 3.63) is 0 Å². The Balaban J connectivity index is 2.28. The fraction of sp³-hybridized carbons (Fsp3) is 1.00. The summed E-state index contributed by atoms with van der Waals surface area (Å²) in [7, 11) is 0. The van der Waals surface area contributed by atoms with Crippen molar-refractivity contribution in [1.29, 1.82) is 0 Å². The Morgan fingerprint density at radius 1 is 0.846 bits per heavy atom. The van der Waals surface area contributed by atoms with E-state index in [4.69, 9.17) is 0 Å². The van der Waals surface area contributed by atoms with Crippen LogP contribution in [0.15, 0.2) is 0 Å². The molecule has 1 aliphatic carbocycles. The lowest BCUT2D eigenvalue weighted by Gasteiger charge is -2.02. The van der Waals surface area contributed by atoms with Crippen LogP contribution in [0.4, 0.5) is 0 Å². The van der Waals surface area contributed by atoms with Crippen LogP contribution in [0.25, 0.3) is 0 Å². The van der Waals surface area contributed by atoms with Crippen LogP contribution in [0.5, 0.6) is 0 Å². The van der Waals surface area contributed by atoms with Gasteiger partial charge in [0.15, 0.2) is 0 Å². The molecule has 0 bridgehead atoms. The van der Waals surface area contributed by atoms with E-state index in [0.717, 1.165) is 23.7 Å². The average Bonchev–Trinajstić information content (AvgIpc) is 2.65. The van der Waals surface area contributed by atoms with E-state index in [0.29, 0.717) is 0 Å². The van der Waals surface area contributed by atoms with Crippen molar-refractivity contribution >= 4 is 0 Å². The first-order valence-corrected chi connectivity index (χ1v) is 6.20. The predicted octanol–water partition coefficient (Wildman–Crippen LogP) is 4.49. The SMILES string of the molecule is CCCC1C(CCC)C1CC(C)C. The molecule has 0 aromatic heterocycles. The van der Waals surface area contributed by atoms with Gasteiger partial charge in [0.25, 0.3) is 0 Å². The molecule has 1 rings (SSSR count). The third-order valence-corrected chi connectivity index (χ3v) is 3.50. The Hall–Kier alpha value is 0. The van der Waals surface area contributed by atoms with Crippen molar-refractivity contribution in [2.45, 2.75) is 59.8 Å². The van der Waals surface area contributed by atoms with Gasteiger partial charge in [-0.3, -0.25) is 0 Å². The van der Waals surface area contributed by atoms with Gasteiger partial charge in [-0.2, -0.15) is 0 Å². The molecular formula is C13H26. The third-order valence-electron chi connectivity index (χ3n) is 3.50. The molecule has 0 nitrogen and oxygen atoms in total. The first-order chi connectivity index (χ1) is 6.20. The lowest BCUT2D eigenvalue weighted by Crippen LogP contribution is -1.91. The molecule has 78 valence electrons. The molecule has 2 unspecified atom stereocenters. The van der Waals surface area contributed by atoms with E-state index in [1.54, 1.807) is 0 Å². The molecule has 0 aromatic carbocycles. The first kappa shape index (κ1) is 11.1. The standard InChI is InChI=1S/C13H26/c1-5-7-11-12(8-6-2)13(11)9-10(3)4/h10-13H,5-9H2,1-4H3. The molecule has 2 atom stereocenters. The van der Waals surface area contributed by atoms with Crippen molar-refractivity contribution < 1.29 is 0 Å². The minimum Gasteiger partial charge on any atom is -0.0654 e. The Bertz CT molecular complexity index is 125. The molecular weight excluding hydrogens is 156 g/mol. The van der Waals surface area contributed by atoms with Gasteiger partial charge in [0.1, 0.15) is 0 Å². The number of hydrogen-bond acceptors (Lipinski definition) is 0. The Kier molecular flexibility index (Phi) is 4.28. The Morgan fingerprint density at radius 2 is 1.31 bits per heavy atom. The van der Waals surface area contributed by atoms with Gasteiger partial charge in [0, 0.05) is 0 Å². The number of hydrogen-bond donors (Lipinski definition) is 0. The van der Waals surface area contributed by atoms with Crippen LogP contribution >= 0.6 is 0 Å². The second-order valence-corrected chi connectivity index (χ2v) is 5.20. The zero-order valence-corrected chi connectivity index (χ0v) is 9.84. The number of rotatable bonds is 6. The first-order valence-electron chi connectivity index (χ1n) is 6.20. The highest BCUT2D eigenvalue weighted by molar-refractivity contribution is 4.96. The minimum atomic E-state index is 0.909. The van der Waals surface area contributed by atoms with Crippen molar-refractivity contribution in [2.75, 3.05) is 0 Å². The Labute approximate surface area is 84.1 Å². The summed E-state index contributed by atoms with van der Waals surface area (Å²) in [6.07, 6.45) is 7.23. The van der Waals surface area contributed by atoms with Gasteiger partial charge in [-0.25, -0.2) is 0 Å². The third kappa shape index (κ3) is 3.00. The molecule has 1 saturated carbocycles. The van der Waals surface area contributed by atoms with Crippen LogP contribution in [-0.2, 0) is 0 Å². The molecule has 0 aromatic rings. The topological polar surface area (TPSA) is 0 Å². The van der Waals surface area contributed by atoms with Gasteiger partial charge in [-0.05, 0) is 30.1 Å². The van der Waals surface area contributed by atoms with Crippen LogP contribution in [0, 0.1) is 23.7 Å². The molecule has 0 heterocycles. The second kappa shape index (κ2) is 5.02. The van der Waals surface area contributed by atoms with E-state index >= 15 is 0 Å². The van der Waals surface area contributed by atoms with E-state index in [1.807, 2.05) is 0 Å². The summed E-state index contributed by atoms with van der Waals surface area (Å²) in [5.41, 5.74) is 0. The van der Waals surface area contributed by atoms with E-state index in [-0.39, 0.29) is 0 Å². The largest absolute Gasteiger partial charge is 0.0654 e. The average molecular weight is 182 g/mol. The van der Waals surface area contributed by atoms with Crippen molar-refractivity contribution in [1.82, 2.24) is 0 Å². The van der Waals surface area contributed by atoms with Gasteiger partial charge < -0.3 is 0 Å².